The number of aromatic nitrogens is 4. The average Bonchev–Trinajstić information content (AvgIpc) is 2.90. The van der Waals surface area contributed by atoms with Crippen LogP contribution in [0.2, 0.25) is 0 Å². The van der Waals surface area contributed by atoms with Gasteiger partial charge in [-0.2, -0.15) is 0 Å². The lowest BCUT2D eigenvalue weighted by molar-refractivity contribution is 0.628. The molecule has 5 nitrogen and oxygen atoms in total. The molecule has 0 aromatic carbocycles. The molecule has 0 atom stereocenters. The number of aryl methyl sites for hydroxylation is 2. The number of nitrogen functional groups attached to an aromatic ring is 1. The largest absolute Gasteiger partial charge is 0.368 e. The van der Waals surface area contributed by atoms with Gasteiger partial charge in [0.05, 0.1) is 5.69 Å². The maximum atomic E-state index is 14.3. The van der Waals surface area contributed by atoms with Gasteiger partial charge < -0.3 is 10.1 Å². The lowest BCUT2D eigenvalue weighted by Gasteiger charge is -2.10. The number of rotatable bonds is 3. The van der Waals surface area contributed by atoms with Crippen molar-refractivity contribution in [2.75, 3.05) is 5.73 Å². The van der Waals surface area contributed by atoms with Crippen LogP contribution in [0.3, 0.4) is 0 Å². The van der Waals surface area contributed by atoms with Gasteiger partial charge in [-0.25, -0.2) is 19.3 Å². The molecule has 112 valence electrons. The maximum Gasteiger partial charge on any atom is 0.220 e. The van der Waals surface area contributed by atoms with E-state index >= 15 is 0 Å². The third-order valence-electron chi connectivity index (χ3n) is 3.67. The van der Waals surface area contributed by atoms with Crippen molar-refractivity contribution in [3.8, 4) is 0 Å². The monoisotopic (exact) mass is 297 g/mol. The smallest absolute Gasteiger partial charge is 0.220 e. The van der Waals surface area contributed by atoms with Crippen molar-refractivity contribution in [3.05, 3.63) is 59.6 Å². The van der Waals surface area contributed by atoms with E-state index in [2.05, 4.69) is 21.5 Å². The molecule has 0 saturated heterocycles. The number of fused-ring (bicyclic) bond motifs is 1. The molecule has 0 spiro atoms. The molecule has 3 heterocycles. The van der Waals surface area contributed by atoms with Gasteiger partial charge in [0.25, 0.3) is 0 Å². The van der Waals surface area contributed by atoms with E-state index in [-0.39, 0.29) is 11.8 Å². The Morgan fingerprint density at radius 2 is 2.14 bits per heavy atom. The van der Waals surface area contributed by atoms with Crippen molar-refractivity contribution in [2.24, 2.45) is 0 Å². The van der Waals surface area contributed by atoms with Gasteiger partial charge in [-0.15, -0.1) is 0 Å². The summed E-state index contributed by atoms with van der Waals surface area (Å²) in [5, 5.41) is 0. The summed E-state index contributed by atoms with van der Waals surface area (Å²) < 4.78 is 16.0. The molecule has 2 N–H and O–H groups in total. The number of nitrogens with zero attached hydrogens (tertiary/aromatic N) is 4. The zero-order valence-corrected chi connectivity index (χ0v) is 12.5. The number of pyridine rings is 1. The second-order valence-electron chi connectivity index (χ2n) is 5.08. The van der Waals surface area contributed by atoms with E-state index in [0.717, 1.165) is 17.7 Å². The first-order valence-corrected chi connectivity index (χ1v) is 6.95. The van der Waals surface area contributed by atoms with E-state index in [1.807, 2.05) is 20.0 Å². The normalized spacial score (nSPS) is 11.0. The number of anilines is 1. The lowest BCUT2D eigenvalue weighted by atomic mass is 10.0. The standard InChI is InChI=1S/C16H16FN5/c1-4-12-6-19-15-14(17)5-11(8-22(12)15)9(2)13-7-20-16(18)21-10(13)3/h5-8H,2,4H2,1,3H3,(H2,18,20,21). The molecule has 0 amide bonds. The van der Waals surface area contributed by atoms with Gasteiger partial charge in [-0.05, 0) is 25.0 Å². The summed E-state index contributed by atoms with van der Waals surface area (Å²) in [7, 11) is 0. The zero-order valence-electron chi connectivity index (χ0n) is 12.5. The first-order valence-electron chi connectivity index (χ1n) is 6.95. The third-order valence-corrected chi connectivity index (χ3v) is 3.67. The molecule has 0 unspecified atom stereocenters. The van der Waals surface area contributed by atoms with Crippen molar-refractivity contribution >= 4 is 17.2 Å². The molecule has 3 aromatic rings. The first kappa shape index (κ1) is 14.2. The van der Waals surface area contributed by atoms with Crippen LogP contribution in [-0.4, -0.2) is 19.4 Å². The van der Waals surface area contributed by atoms with E-state index in [1.54, 1.807) is 16.8 Å². The van der Waals surface area contributed by atoms with Gasteiger partial charge in [0.1, 0.15) is 0 Å². The summed E-state index contributed by atoms with van der Waals surface area (Å²) in [5.74, 6) is -0.175. The van der Waals surface area contributed by atoms with Gasteiger partial charge in [-0.3, -0.25) is 0 Å². The Kier molecular flexibility index (Phi) is 3.36. The van der Waals surface area contributed by atoms with Crippen molar-refractivity contribution < 1.29 is 4.39 Å². The molecule has 0 aliphatic rings. The molecular formula is C16H16FN5. The second kappa shape index (κ2) is 5.22. The van der Waals surface area contributed by atoms with Crippen LogP contribution in [-0.2, 0) is 6.42 Å². The van der Waals surface area contributed by atoms with E-state index in [4.69, 9.17) is 5.73 Å². The number of imidazole rings is 1. The SMILES string of the molecule is C=C(c1cc(F)c2ncc(CC)n2c1)c1cnc(N)nc1C. The van der Waals surface area contributed by atoms with Crippen LogP contribution in [0.1, 0.15) is 29.4 Å². The summed E-state index contributed by atoms with van der Waals surface area (Å²) in [6.45, 7) is 7.87. The highest BCUT2D eigenvalue weighted by molar-refractivity contribution is 5.79. The summed E-state index contributed by atoms with van der Waals surface area (Å²) in [6, 6.07) is 1.43. The van der Waals surface area contributed by atoms with Crippen LogP contribution in [0.15, 0.2) is 31.2 Å². The third kappa shape index (κ3) is 2.22. The van der Waals surface area contributed by atoms with Crippen molar-refractivity contribution in [3.63, 3.8) is 0 Å². The number of nitrogens with two attached hydrogens (primary N) is 1. The minimum atomic E-state index is -0.382. The number of hydrogen-bond donors (Lipinski definition) is 1. The number of halogens is 1. The Bertz CT molecular complexity index is 882. The molecular weight excluding hydrogens is 281 g/mol. The minimum Gasteiger partial charge on any atom is -0.368 e. The number of hydrogen-bond acceptors (Lipinski definition) is 4. The zero-order chi connectivity index (χ0) is 15.9. The highest BCUT2D eigenvalue weighted by atomic mass is 19.1. The Morgan fingerprint density at radius 1 is 1.36 bits per heavy atom. The van der Waals surface area contributed by atoms with Gasteiger partial charge in [0.2, 0.25) is 5.95 Å². The fourth-order valence-electron chi connectivity index (χ4n) is 2.46. The molecule has 3 aromatic heterocycles. The van der Waals surface area contributed by atoms with Gasteiger partial charge in [-0.1, -0.05) is 13.5 Å². The van der Waals surface area contributed by atoms with E-state index in [9.17, 15) is 4.39 Å². The maximum absolute atomic E-state index is 14.3. The van der Waals surface area contributed by atoms with Crippen LogP contribution >= 0.6 is 0 Å². The van der Waals surface area contributed by atoms with E-state index in [1.165, 1.54) is 6.07 Å². The second-order valence-corrected chi connectivity index (χ2v) is 5.08. The van der Waals surface area contributed by atoms with Crippen LogP contribution in [0.25, 0.3) is 11.2 Å². The van der Waals surface area contributed by atoms with Gasteiger partial charge in [0.15, 0.2) is 11.5 Å². The molecule has 0 bridgehead atoms. The van der Waals surface area contributed by atoms with Gasteiger partial charge >= 0.3 is 0 Å². The summed E-state index contributed by atoms with van der Waals surface area (Å²) in [4.78, 5) is 12.2. The Morgan fingerprint density at radius 3 is 2.82 bits per heavy atom. The molecule has 0 saturated carbocycles. The van der Waals surface area contributed by atoms with E-state index in [0.29, 0.717) is 22.5 Å². The molecule has 0 aliphatic carbocycles. The Hall–Kier alpha value is -2.76. The first-order chi connectivity index (χ1) is 10.5. The highest BCUT2D eigenvalue weighted by Gasteiger charge is 2.13. The van der Waals surface area contributed by atoms with E-state index < -0.39 is 0 Å². The quantitative estimate of drug-likeness (QED) is 0.807. The average molecular weight is 297 g/mol. The fourth-order valence-corrected chi connectivity index (χ4v) is 2.46. The summed E-state index contributed by atoms with van der Waals surface area (Å²) in [5.41, 5.74) is 9.58. The molecule has 0 radical (unpaired) electrons. The van der Waals surface area contributed by atoms with Gasteiger partial charge in [0, 0.05) is 35.4 Å². The Labute approximate surface area is 127 Å². The van der Waals surface area contributed by atoms with Crippen molar-refractivity contribution in [1.29, 1.82) is 0 Å². The van der Waals surface area contributed by atoms with Crippen molar-refractivity contribution in [2.45, 2.75) is 20.3 Å². The molecule has 0 aliphatic heterocycles. The predicted molar refractivity (Wildman–Crippen MR) is 83.8 cm³/mol. The van der Waals surface area contributed by atoms with Crippen molar-refractivity contribution in [1.82, 2.24) is 19.4 Å². The predicted octanol–water partition coefficient (Wildman–Crippen LogP) is 2.78. The fraction of sp³-hybridized carbons (Fsp3) is 0.188. The Balaban J connectivity index is 2.14. The molecule has 22 heavy (non-hydrogen) atoms. The molecule has 3 rings (SSSR count). The van der Waals surface area contributed by atoms with Crippen LogP contribution in [0.4, 0.5) is 10.3 Å². The topological polar surface area (TPSA) is 69.1 Å². The highest BCUT2D eigenvalue weighted by Crippen LogP contribution is 2.25. The summed E-state index contributed by atoms with van der Waals surface area (Å²) in [6.07, 6.45) is 5.89. The summed E-state index contributed by atoms with van der Waals surface area (Å²) >= 11 is 0. The van der Waals surface area contributed by atoms with Crippen LogP contribution in [0, 0.1) is 12.7 Å². The minimum absolute atomic E-state index is 0.207. The van der Waals surface area contributed by atoms with Crippen LogP contribution < -0.4 is 5.73 Å². The molecule has 6 heteroatoms. The lowest BCUT2D eigenvalue weighted by Crippen LogP contribution is -2.02. The molecule has 0 fully saturated rings. The van der Waals surface area contributed by atoms with Crippen LogP contribution in [0.5, 0.6) is 0 Å².